The molecular weight excluding hydrogens is 412 g/mol. The maximum Gasteiger partial charge on any atom is 0.257 e. The van der Waals surface area contributed by atoms with Gasteiger partial charge in [0.1, 0.15) is 0 Å². The smallest absolute Gasteiger partial charge is 0.257 e. The first kappa shape index (κ1) is 22.3. The second kappa shape index (κ2) is 10.5. The molecule has 0 aromatic heterocycles. The highest BCUT2D eigenvalue weighted by molar-refractivity contribution is 7.80. The fraction of sp³-hybridized carbons (Fsp3) is 0.200. The van der Waals surface area contributed by atoms with E-state index < -0.39 is 11.8 Å². The van der Waals surface area contributed by atoms with E-state index in [1.165, 1.54) is 0 Å². The van der Waals surface area contributed by atoms with Gasteiger partial charge in [0, 0.05) is 29.1 Å². The summed E-state index contributed by atoms with van der Waals surface area (Å²) in [6, 6.07) is 12.2. The molecule has 0 aliphatic heterocycles. The van der Waals surface area contributed by atoms with Crippen LogP contribution in [0.3, 0.4) is 0 Å². The van der Waals surface area contributed by atoms with Crippen LogP contribution in [-0.2, 0) is 9.59 Å². The van der Waals surface area contributed by atoms with Gasteiger partial charge in [-0.3, -0.25) is 30.6 Å². The second-order valence-electron chi connectivity index (χ2n) is 6.28. The molecule has 0 unspecified atom stereocenters. The van der Waals surface area contributed by atoms with Gasteiger partial charge in [-0.2, -0.15) is 0 Å². The lowest BCUT2D eigenvalue weighted by Crippen LogP contribution is -2.48. The van der Waals surface area contributed by atoms with Gasteiger partial charge in [-0.05, 0) is 55.9 Å². The molecule has 2 aromatic carbocycles. The zero-order valence-electron chi connectivity index (χ0n) is 16.0. The summed E-state index contributed by atoms with van der Waals surface area (Å²) < 4.78 is 0. The normalized spacial score (nSPS) is 10.0. The Kier molecular flexibility index (Phi) is 8.11. The molecule has 0 aliphatic carbocycles. The first-order valence-corrected chi connectivity index (χ1v) is 9.56. The summed E-state index contributed by atoms with van der Waals surface area (Å²) in [5.74, 6) is -1.16. The molecule has 3 amide bonds. The van der Waals surface area contributed by atoms with Crippen LogP contribution < -0.4 is 21.5 Å². The number of rotatable bonds is 5. The van der Waals surface area contributed by atoms with Gasteiger partial charge in [0.25, 0.3) is 5.91 Å². The van der Waals surface area contributed by atoms with Crippen LogP contribution in [0.2, 0.25) is 5.02 Å². The van der Waals surface area contributed by atoms with Gasteiger partial charge in [-0.15, -0.1) is 0 Å². The summed E-state index contributed by atoms with van der Waals surface area (Å²) in [4.78, 5) is 35.9. The molecule has 152 valence electrons. The molecule has 0 fully saturated rings. The Morgan fingerprint density at radius 1 is 0.931 bits per heavy atom. The van der Waals surface area contributed by atoms with Crippen molar-refractivity contribution in [1.29, 1.82) is 0 Å². The molecule has 0 heterocycles. The molecule has 0 aliphatic rings. The van der Waals surface area contributed by atoms with E-state index in [0.717, 1.165) is 11.1 Å². The quantitative estimate of drug-likeness (QED) is 0.430. The summed E-state index contributed by atoms with van der Waals surface area (Å²) in [7, 11) is 0. The largest absolute Gasteiger partial charge is 0.326 e. The van der Waals surface area contributed by atoms with Gasteiger partial charge in [0.2, 0.25) is 11.8 Å². The number of hydrogen-bond acceptors (Lipinski definition) is 4. The molecule has 0 bridgehead atoms. The minimum atomic E-state index is -0.449. The summed E-state index contributed by atoms with van der Waals surface area (Å²) in [5, 5.41) is 5.66. The average molecular weight is 433 g/mol. The third-order valence-electron chi connectivity index (χ3n) is 3.98. The van der Waals surface area contributed by atoms with E-state index in [-0.39, 0.29) is 23.9 Å². The fourth-order valence-corrected chi connectivity index (χ4v) is 2.60. The van der Waals surface area contributed by atoms with E-state index in [1.807, 2.05) is 19.1 Å². The molecule has 0 radical (unpaired) electrons. The second-order valence-corrected chi connectivity index (χ2v) is 7.10. The number of carbonyl (C=O) groups is 3. The van der Waals surface area contributed by atoms with Crippen molar-refractivity contribution in [3.63, 3.8) is 0 Å². The number of nitrogens with one attached hydrogen (secondary N) is 4. The first-order chi connectivity index (χ1) is 13.8. The Labute approximate surface area is 179 Å². The Morgan fingerprint density at radius 2 is 1.59 bits per heavy atom. The van der Waals surface area contributed by atoms with Crippen molar-refractivity contribution < 1.29 is 14.4 Å². The van der Waals surface area contributed by atoms with Gasteiger partial charge >= 0.3 is 0 Å². The lowest BCUT2D eigenvalue weighted by atomic mass is 10.1. The van der Waals surface area contributed by atoms with E-state index in [4.69, 9.17) is 23.8 Å². The van der Waals surface area contributed by atoms with Gasteiger partial charge < -0.3 is 5.32 Å². The number of benzene rings is 2. The van der Waals surface area contributed by atoms with Crippen molar-refractivity contribution in [2.24, 2.45) is 0 Å². The van der Waals surface area contributed by atoms with Crippen LogP contribution in [0.5, 0.6) is 0 Å². The standard InChI is InChI=1S/C20H21ClN4O3S/c1-12-6-8-14(9-7-12)19(28)23-20(29)25-24-18(27)11-10-17(26)22-16-5-3-4-15(21)13(16)2/h3-9H,10-11H2,1-2H3,(H,22,26)(H,24,27)(H2,23,25,28,29). The molecule has 0 spiro atoms. The van der Waals surface area contributed by atoms with Crippen molar-refractivity contribution in [2.45, 2.75) is 26.7 Å². The van der Waals surface area contributed by atoms with Crippen LogP contribution in [0.25, 0.3) is 0 Å². The summed E-state index contributed by atoms with van der Waals surface area (Å²) in [5.41, 5.74) is 7.60. The highest BCUT2D eigenvalue weighted by atomic mass is 35.5. The van der Waals surface area contributed by atoms with Crippen LogP contribution in [0.4, 0.5) is 5.69 Å². The van der Waals surface area contributed by atoms with Crippen LogP contribution in [0, 0.1) is 13.8 Å². The van der Waals surface area contributed by atoms with Crippen molar-refractivity contribution in [3.05, 3.63) is 64.2 Å². The molecule has 9 heteroatoms. The number of amides is 3. The SMILES string of the molecule is Cc1ccc(C(=O)NC(=S)NNC(=O)CCC(=O)Nc2cccc(Cl)c2C)cc1. The van der Waals surface area contributed by atoms with Crippen LogP contribution in [0.15, 0.2) is 42.5 Å². The zero-order chi connectivity index (χ0) is 21.4. The van der Waals surface area contributed by atoms with Crippen LogP contribution >= 0.6 is 23.8 Å². The van der Waals surface area contributed by atoms with Gasteiger partial charge in [-0.1, -0.05) is 35.4 Å². The first-order valence-electron chi connectivity index (χ1n) is 8.78. The number of anilines is 1. The molecule has 2 rings (SSSR count). The lowest BCUT2D eigenvalue weighted by Gasteiger charge is -2.11. The van der Waals surface area contributed by atoms with Gasteiger partial charge in [-0.25, -0.2) is 0 Å². The van der Waals surface area contributed by atoms with E-state index in [0.29, 0.717) is 16.3 Å². The highest BCUT2D eigenvalue weighted by Gasteiger charge is 2.11. The van der Waals surface area contributed by atoms with E-state index in [2.05, 4.69) is 21.5 Å². The van der Waals surface area contributed by atoms with E-state index >= 15 is 0 Å². The van der Waals surface area contributed by atoms with E-state index in [9.17, 15) is 14.4 Å². The maximum atomic E-state index is 12.0. The van der Waals surface area contributed by atoms with Crippen molar-refractivity contribution in [3.8, 4) is 0 Å². The summed E-state index contributed by atoms with van der Waals surface area (Å²) in [6.07, 6.45) is -0.0884. The highest BCUT2D eigenvalue weighted by Crippen LogP contribution is 2.23. The molecule has 29 heavy (non-hydrogen) atoms. The number of hydrogen-bond donors (Lipinski definition) is 4. The van der Waals surface area contributed by atoms with E-state index in [1.54, 1.807) is 37.3 Å². The number of thiocarbonyl (C=S) groups is 1. The lowest BCUT2D eigenvalue weighted by molar-refractivity contribution is -0.124. The minimum Gasteiger partial charge on any atom is -0.326 e. The molecule has 0 atom stereocenters. The van der Waals surface area contributed by atoms with Crippen LogP contribution in [-0.4, -0.2) is 22.8 Å². The Morgan fingerprint density at radius 3 is 2.28 bits per heavy atom. The number of aryl methyl sites for hydroxylation is 1. The minimum absolute atomic E-state index is 0.0258. The summed E-state index contributed by atoms with van der Waals surface area (Å²) >= 11 is 11.0. The van der Waals surface area contributed by atoms with Crippen molar-refractivity contribution >= 4 is 52.3 Å². The Hall–Kier alpha value is -2.97. The average Bonchev–Trinajstić information content (AvgIpc) is 2.68. The Bertz CT molecular complexity index is 932. The van der Waals surface area contributed by atoms with Gasteiger partial charge in [0.15, 0.2) is 5.11 Å². The third-order valence-corrected chi connectivity index (χ3v) is 4.59. The molecular formula is C20H21ClN4O3S. The topological polar surface area (TPSA) is 99.3 Å². The van der Waals surface area contributed by atoms with Crippen molar-refractivity contribution in [2.75, 3.05) is 5.32 Å². The third kappa shape index (κ3) is 7.17. The van der Waals surface area contributed by atoms with Crippen LogP contribution in [0.1, 0.15) is 34.3 Å². The molecule has 7 nitrogen and oxygen atoms in total. The predicted molar refractivity (Wildman–Crippen MR) is 117 cm³/mol. The predicted octanol–water partition coefficient (Wildman–Crippen LogP) is 3.01. The summed E-state index contributed by atoms with van der Waals surface area (Å²) in [6.45, 7) is 3.71. The molecule has 2 aromatic rings. The molecule has 0 saturated heterocycles. The van der Waals surface area contributed by atoms with Gasteiger partial charge in [0.05, 0.1) is 0 Å². The Balaban J connectivity index is 1.71. The number of halogens is 1. The zero-order valence-corrected chi connectivity index (χ0v) is 17.5. The maximum absolute atomic E-state index is 12.0. The van der Waals surface area contributed by atoms with Crippen molar-refractivity contribution in [1.82, 2.24) is 16.2 Å². The number of hydrazine groups is 1. The molecule has 4 N–H and O–H groups in total. The fourth-order valence-electron chi connectivity index (χ4n) is 2.28. The number of carbonyl (C=O) groups excluding carboxylic acids is 3. The monoisotopic (exact) mass is 432 g/mol. The molecule has 0 saturated carbocycles.